The fourth-order valence-corrected chi connectivity index (χ4v) is 4.62. The van der Waals surface area contributed by atoms with E-state index in [4.69, 9.17) is 0 Å². The summed E-state index contributed by atoms with van der Waals surface area (Å²) in [6, 6.07) is 15.5. The van der Waals surface area contributed by atoms with Gasteiger partial charge in [0, 0.05) is 23.5 Å². The highest BCUT2D eigenvalue weighted by atomic mass is 19.1. The first-order chi connectivity index (χ1) is 15.1. The first kappa shape index (κ1) is 19.1. The molecule has 2 aliphatic rings. The monoisotopic (exact) mass is 416 g/mol. The molecular formula is C23H21FN6O. The summed E-state index contributed by atoms with van der Waals surface area (Å²) in [5.41, 5.74) is 3.36. The van der Waals surface area contributed by atoms with Crippen LogP contribution in [0.5, 0.6) is 0 Å². The Kier molecular flexibility index (Phi) is 4.79. The summed E-state index contributed by atoms with van der Waals surface area (Å²) >= 11 is 0. The number of halogens is 1. The van der Waals surface area contributed by atoms with Crippen molar-refractivity contribution in [3.05, 3.63) is 66.1 Å². The average Bonchev–Trinajstić information content (AvgIpc) is 3.51. The van der Waals surface area contributed by atoms with Crippen molar-refractivity contribution in [2.45, 2.75) is 24.9 Å². The van der Waals surface area contributed by atoms with E-state index in [1.807, 2.05) is 24.3 Å². The SMILES string of the molecule is N#CN1CC2CC(NC(=O)c3cc(-c4ccccc4Nc4ccc(F)cc4)n[nH]3)C1C2. The molecule has 1 saturated heterocycles. The summed E-state index contributed by atoms with van der Waals surface area (Å²) in [6.45, 7) is 0.791. The molecule has 156 valence electrons. The Labute approximate surface area is 178 Å². The van der Waals surface area contributed by atoms with Crippen LogP contribution in [0.2, 0.25) is 0 Å². The molecule has 1 saturated carbocycles. The van der Waals surface area contributed by atoms with E-state index in [1.165, 1.54) is 12.1 Å². The van der Waals surface area contributed by atoms with Gasteiger partial charge in [0.2, 0.25) is 0 Å². The minimum absolute atomic E-state index is 0.0231. The molecule has 7 nitrogen and oxygen atoms in total. The third-order valence-electron chi connectivity index (χ3n) is 6.08. The van der Waals surface area contributed by atoms with E-state index in [-0.39, 0.29) is 23.8 Å². The second kappa shape index (κ2) is 7.76. The fraction of sp³-hybridized carbons (Fsp3) is 0.261. The zero-order valence-corrected chi connectivity index (χ0v) is 16.7. The Morgan fingerprint density at radius 3 is 2.77 bits per heavy atom. The van der Waals surface area contributed by atoms with Crippen LogP contribution in [0, 0.1) is 23.2 Å². The van der Waals surface area contributed by atoms with E-state index in [9.17, 15) is 14.4 Å². The summed E-state index contributed by atoms with van der Waals surface area (Å²) in [7, 11) is 0. The van der Waals surface area contributed by atoms with Crippen molar-refractivity contribution in [3.63, 3.8) is 0 Å². The summed E-state index contributed by atoms with van der Waals surface area (Å²) in [4.78, 5) is 14.6. The van der Waals surface area contributed by atoms with Crippen molar-refractivity contribution in [2.75, 3.05) is 11.9 Å². The third kappa shape index (κ3) is 3.70. The van der Waals surface area contributed by atoms with Gasteiger partial charge in [0.25, 0.3) is 5.91 Å². The molecule has 3 N–H and O–H groups in total. The molecule has 0 radical (unpaired) electrons. The highest BCUT2D eigenvalue weighted by Gasteiger charge is 2.45. The maximum atomic E-state index is 13.2. The van der Waals surface area contributed by atoms with Crippen LogP contribution >= 0.6 is 0 Å². The number of hydrogen-bond donors (Lipinski definition) is 3. The number of rotatable bonds is 5. The van der Waals surface area contributed by atoms with Gasteiger partial charge in [-0.25, -0.2) is 4.39 Å². The number of benzene rings is 2. The van der Waals surface area contributed by atoms with Gasteiger partial charge in [-0.2, -0.15) is 10.4 Å². The van der Waals surface area contributed by atoms with Crippen LogP contribution in [0.3, 0.4) is 0 Å². The molecule has 3 atom stereocenters. The highest BCUT2D eigenvalue weighted by molar-refractivity contribution is 5.94. The largest absolute Gasteiger partial charge is 0.355 e. The Bertz CT molecular complexity index is 1150. The van der Waals surface area contributed by atoms with Crippen molar-refractivity contribution < 1.29 is 9.18 Å². The van der Waals surface area contributed by atoms with Gasteiger partial charge in [-0.05, 0) is 55.2 Å². The molecule has 5 rings (SSSR count). The summed E-state index contributed by atoms with van der Waals surface area (Å²) in [5, 5.41) is 22.7. The normalized spacial score (nSPS) is 21.7. The van der Waals surface area contributed by atoms with Crippen LogP contribution in [-0.2, 0) is 0 Å². The van der Waals surface area contributed by atoms with Gasteiger partial charge in [-0.1, -0.05) is 18.2 Å². The van der Waals surface area contributed by atoms with E-state index >= 15 is 0 Å². The molecule has 1 aliphatic heterocycles. The predicted octanol–water partition coefficient (Wildman–Crippen LogP) is 3.63. The molecule has 2 fully saturated rings. The van der Waals surface area contributed by atoms with Crippen molar-refractivity contribution >= 4 is 17.3 Å². The van der Waals surface area contributed by atoms with E-state index in [2.05, 4.69) is 27.0 Å². The van der Waals surface area contributed by atoms with Gasteiger partial charge in [-0.15, -0.1) is 0 Å². The zero-order chi connectivity index (χ0) is 21.4. The summed E-state index contributed by atoms with van der Waals surface area (Å²) in [6.07, 6.45) is 4.08. The number of likely N-dealkylation sites (tertiary alicyclic amines) is 1. The van der Waals surface area contributed by atoms with Crippen molar-refractivity contribution in [1.29, 1.82) is 5.26 Å². The molecule has 0 spiro atoms. The molecule has 31 heavy (non-hydrogen) atoms. The number of anilines is 2. The molecule has 1 aliphatic carbocycles. The number of H-pyrrole nitrogens is 1. The molecule has 2 aromatic carbocycles. The Balaban J connectivity index is 1.32. The lowest BCUT2D eigenvalue weighted by Crippen LogP contribution is -2.48. The quantitative estimate of drug-likeness (QED) is 0.552. The number of amides is 1. The van der Waals surface area contributed by atoms with Crippen LogP contribution in [-0.4, -0.2) is 39.6 Å². The van der Waals surface area contributed by atoms with E-state index in [0.29, 0.717) is 17.3 Å². The lowest BCUT2D eigenvalue weighted by atomic mass is 10.1. The average molecular weight is 416 g/mol. The molecule has 1 amide bonds. The number of carbonyl (C=O) groups is 1. The van der Waals surface area contributed by atoms with E-state index in [1.54, 1.807) is 23.1 Å². The molecule has 2 heterocycles. The zero-order valence-electron chi connectivity index (χ0n) is 16.7. The molecule has 2 bridgehead atoms. The number of nitriles is 1. The number of nitrogens with zero attached hydrogens (tertiary/aromatic N) is 3. The van der Waals surface area contributed by atoms with Crippen LogP contribution in [0.25, 0.3) is 11.3 Å². The fourth-order valence-electron chi connectivity index (χ4n) is 4.62. The number of fused-ring (bicyclic) bond motifs is 2. The predicted molar refractivity (Wildman–Crippen MR) is 114 cm³/mol. The topological polar surface area (TPSA) is 96.8 Å². The maximum absolute atomic E-state index is 13.2. The Morgan fingerprint density at radius 2 is 2.00 bits per heavy atom. The smallest absolute Gasteiger partial charge is 0.269 e. The number of hydrogen-bond acceptors (Lipinski definition) is 5. The van der Waals surface area contributed by atoms with Crippen molar-refractivity contribution in [3.8, 4) is 17.5 Å². The summed E-state index contributed by atoms with van der Waals surface area (Å²) in [5.74, 6) is -0.0509. The van der Waals surface area contributed by atoms with Gasteiger partial charge in [0.15, 0.2) is 6.19 Å². The molecular weight excluding hydrogens is 395 g/mol. The number of nitrogens with one attached hydrogen (secondary N) is 3. The van der Waals surface area contributed by atoms with Gasteiger partial charge < -0.3 is 15.5 Å². The number of para-hydroxylation sites is 1. The minimum atomic E-state index is -0.296. The second-order valence-corrected chi connectivity index (χ2v) is 8.08. The molecule has 3 unspecified atom stereocenters. The van der Waals surface area contributed by atoms with E-state index in [0.717, 1.165) is 36.3 Å². The van der Waals surface area contributed by atoms with Crippen molar-refractivity contribution in [1.82, 2.24) is 20.4 Å². The van der Waals surface area contributed by atoms with Crippen LogP contribution in [0.1, 0.15) is 23.3 Å². The van der Waals surface area contributed by atoms with Crippen LogP contribution in [0.15, 0.2) is 54.6 Å². The number of aromatic amines is 1. The lowest BCUT2D eigenvalue weighted by Gasteiger charge is -2.29. The molecule has 8 heteroatoms. The van der Waals surface area contributed by atoms with Crippen LogP contribution in [0.4, 0.5) is 15.8 Å². The van der Waals surface area contributed by atoms with Gasteiger partial charge in [0.05, 0.1) is 17.8 Å². The number of piperidine rings is 1. The number of carbonyl (C=O) groups excluding carboxylic acids is 1. The third-order valence-corrected chi connectivity index (χ3v) is 6.08. The minimum Gasteiger partial charge on any atom is -0.355 e. The molecule has 3 aromatic rings. The first-order valence-corrected chi connectivity index (χ1v) is 10.3. The van der Waals surface area contributed by atoms with Crippen LogP contribution < -0.4 is 10.6 Å². The van der Waals surface area contributed by atoms with Gasteiger partial charge in [0.1, 0.15) is 11.5 Å². The lowest BCUT2D eigenvalue weighted by molar-refractivity contribution is 0.0907. The maximum Gasteiger partial charge on any atom is 0.269 e. The Hall–Kier alpha value is -3.86. The Morgan fingerprint density at radius 1 is 1.19 bits per heavy atom. The standard InChI is InChI=1S/C23H21FN6O/c24-15-5-7-16(8-6-15)26-18-4-2-1-3-17(18)19-11-21(29-28-19)23(31)27-20-9-14-10-22(20)30(12-14)13-25/h1-8,11,14,20,22,26H,9-10,12H2,(H,27,31)(H,28,29). The van der Waals surface area contributed by atoms with Gasteiger partial charge in [-0.3, -0.25) is 9.89 Å². The first-order valence-electron chi connectivity index (χ1n) is 10.3. The van der Waals surface area contributed by atoms with E-state index < -0.39 is 0 Å². The van der Waals surface area contributed by atoms with Gasteiger partial charge >= 0.3 is 0 Å². The second-order valence-electron chi connectivity index (χ2n) is 8.08. The summed E-state index contributed by atoms with van der Waals surface area (Å²) < 4.78 is 13.2. The number of aromatic nitrogens is 2. The molecule has 1 aromatic heterocycles. The van der Waals surface area contributed by atoms with Crippen molar-refractivity contribution in [2.24, 2.45) is 5.92 Å². The highest BCUT2D eigenvalue weighted by Crippen LogP contribution is 2.37.